The number of aryl methyl sites for hydroxylation is 1. The van der Waals surface area contributed by atoms with E-state index in [0.717, 1.165) is 11.5 Å². The first kappa shape index (κ1) is 13.1. The quantitative estimate of drug-likeness (QED) is 0.908. The van der Waals surface area contributed by atoms with Crippen molar-refractivity contribution in [2.45, 2.75) is 19.9 Å². The summed E-state index contributed by atoms with van der Waals surface area (Å²) in [5.74, 6) is 1.61. The molecule has 0 spiro atoms. The third-order valence-electron chi connectivity index (χ3n) is 2.79. The Hall–Kier alpha value is -2.30. The molecule has 0 aliphatic heterocycles. The average Bonchev–Trinajstić information content (AvgIpc) is 2.77. The lowest BCUT2D eigenvalue weighted by atomic mass is 10.2. The summed E-state index contributed by atoms with van der Waals surface area (Å²) in [4.78, 5) is 17.8. The topological polar surface area (TPSA) is 72.4 Å². The van der Waals surface area contributed by atoms with Crippen molar-refractivity contribution in [1.82, 2.24) is 9.88 Å². The summed E-state index contributed by atoms with van der Waals surface area (Å²) < 4.78 is 5.44. The molecular weight excluding hydrogens is 242 g/mol. The van der Waals surface area contributed by atoms with E-state index in [2.05, 4.69) is 4.98 Å². The molecule has 19 heavy (non-hydrogen) atoms. The van der Waals surface area contributed by atoms with Crippen LogP contribution in [0.5, 0.6) is 0 Å². The maximum absolute atomic E-state index is 12.0. The summed E-state index contributed by atoms with van der Waals surface area (Å²) in [5.41, 5.74) is 6.85. The minimum absolute atomic E-state index is 0.00803. The van der Waals surface area contributed by atoms with Crippen LogP contribution in [-0.2, 0) is 17.8 Å². The summed E-state index contributed by atoms with van der Waals surface area (Å²) in [6, 6.07) is 7.26. The van der Waals surface area contributed by atoms with E-state index in [9.17, 15) is 4.79 Å². The molecule has 0 aromatic carbocycles. The van der Waals surface area contributed by atoms with Gasteiger partial charge < -0.3 is 15.1 Å². The summed E-state index contributed by atoms with van der Waals surface area (Å²) in [5, 5.41) is 0. The first-order chi connectivity index (χ1) is 9.04. The number of aromatic nitrogens is 1. The van der Waals surface area contributed by atoms with Crippen molar-refractivity contribution < 1.29 is 9.21 Å². The van der Waals surface area contributed by atoms with Crippen LogP contribution >= 0.6 is 0 Å². The highest BCUT2D eigenvalue weighted by Gasteiger charge is 2.12. The van der Waals surface area contributed by atoms with Crippen LogP contribution in [0.4, 0.5) is 5.69 Å². The van der Waals surface area contributed by atoms with E-state index in [4.69, 9.17) is 10.2 Å². The Labute approximate surface area is 112 Å². The van der Waals surface area contributed by atoms with Crippen LogP contribution in [0.25, 0.3) is 0 Å². The molecular formula is C14H17N3O2. The van der Waals surface area contributed by atoms with Gasteiger partial charge in [0.25, 0.3) is 0 Å². The van der Waals surface area contributed by atoms with Gasteiger partial charge in [0.1, 0.15) is 11.5 Å². The van der Waals surface area contributed by atoms with Gasteiger partial charge in [-0.1, -0.05) is 0 Å². The molecule has 0 unspecified atom stereocenters. The molecule has 2 rings (SSSR count). The van der Waals surface area contributed by atoms with E-state index in [1.807, 2.05) is 19.1 Å². The van der Waals surface area contributed by atoms with E-state index >= 15 is 0 Å². The number of carbonyl (C=O) groups excluding carboxylic acids is 1. The van der Waals surface area contributed by atoms with E-state index in [0.29, 0.717) is 17.9 Å². The second kappa shape index (κ2) is 5.56. The zero-order valence-corrected chi connectivity index (χ0v) is 11.1. The number of rotatable bonds is 4. The van der Waals surface area contributed by atoms with Crippen LogP contribution < -0.4 is 5.73 Å². The summed E-state index contributed by atoms with van der Waals surface area (Å²) in [6.07, 6.45) is 1.81. The molecule has 0 radical (unpaired) electrons. The van der Waals surface area contributed by atoms with Gasteiger partial charge in [-0.05, 0) is 31.2 Å². The van der Waals surface area contributed by atoms with Gasteiger partial charge in [0, 0.05) is 12.7 Å². The fourth-order valence-corrected chi connectivity index (χ4v) is 1.72. The Bertz CT molecular complexity index is 560. The number of likely N-dealkylation sites (N-methyl/N-ethyl adjacent to an activating group) is 1. The van der Waals surface area contributed by atoms with Crippen LogP contribution in [0.15, 0.2) is 34.9 Å². The van der Waals surface area contributed by atoms with Gasteiger partial charge in [-0.15, -0.1) is 0 Å². The SMILES string of the molecule is Cc1ccc(CN(C)C(=O)Cc2ccc(N)cn2)o1. The Morgan fingerprint density at radius 1 is 1.37 bits per heavy atom. The third-order valence-corrected chi connectivity index (χ3v) is 2.79. The molecule has 1 amide bonds. The standard InChI is InChI=1S/C14H17N3O2/c1-10-3-6-13(19-10)9-17(2)14(18)7-12-5-4-11(15)8-16-12/h3-6,8H,7,9,15H2,1-2H3. The lowest BCUT2D eigenvalue weighted by Gasteiger charge is -2.15. The number of pyridine rings is 1. The highest BCUT2D eigenvalue weighted by Crippen LogP contribution is 2.10. The highest BCUT2D eigenvalue weighted by molar-refractivity contribution is 5.78. The summed E-state index contributed by atoms with van der Waals surface area (Å²) in [7, 11) is 1.75. The number of carbonyl (C=O) groups is 1. The maximum atomic E-state index is 12.0. The fraction of sp³-hybridized carbons (Fsp3) is 0.286. The molecule has 2 aromatic rings. The highest BCUT2D eigenvalue weighted by atomic mass is 16.3. The predicted molar refractivity (Wildman–Crippen MR) is 72.3 cm³/mol. The number of nitrogen functional groups attached to an aromatic ring is 1. The second-order valence-electron chi connectivity index (χ2n) is 4.52. The smallest absolute Gasteiger partial charge is 0.228 e. The number of hydrogen-bond donors (Lipinski definition) is 1. The monoisotopic (exact) mass is 259 g/mol. The molecule has 5 nitrogen and oxygen atoms in total. The van der Waals surface area contributed by atoms with Crippen molar-refractivity contribution >= 4 is 11.6 Å². The van der Waals surface area contributed by atoms with E-state index in [-0.39, 0.29) is 12.3 Å². The van der Waals surface area contributed by atoms with Gasteiger partial charge in [-0.3, -0.25) is 9.78 Å². The normalized spacial score (nSPS) is 10.4. The lowest BCUT2D eigenvalue weighted by molar-refractivity contribution is -0.130. The third kappa shape index (κ3) is 3.58. The minimum Gasteiger partial charge on any atom is -0.464 e. The molecule has 2 aromatic heterocycles. The van der Waals surface area contributed by atoms with Gasteiger partial charge in [0.15, 0.2) is 0 Å². The largest absolute Gasteiger partial charge is 0.464 e. The number of nitrogens with zero attached hydrogens (tertiary/aromatic N) is 2. The van der Waals surface area contributed by atoms with Crippen molar-refractivity contribution in [1.29, 1.82) is 0 Å². The number of anilines is 1. The van der Waals surface area contributed by atoms with Crippen molar-refractivity contribution in [3.8, 4) is 0 Å². The average molecular weight is 259 g/mol. The van der Waals surface area contributed by atoms with Crippen molar-refractivity contribution in [2.24, 2.45) is 0 Å². The van der Waals surface area contributed by atoms with Gasteiger partial charge in [0.2, 0.25) is 5.91 Å². The van der Waals surface area contributed by atoms with Gasteiger partial charge in [0.05, 0.1) is 24.8 Å². The van der Waals surface area contributed by atoms with Crippen LogP contribution in [-0.4, -0.2) is 22.8 Å². The van der Waals surface area contributed by atoms with Crippen LogP contribution in [0, 0.1) is 6.92 Å². The number of hydrogen-bond acceptors (Lipinski definition) is 4. The Morgan fingerprint density at radius 3 is 2.74 bits per heavy atom. The molecule has 5 heteroatoms. The first-order valence-electron chi connectivity index (χ1n) is 6.04. The van der Waals surface area contributed by atoms with Gasteiger partial charge in [-0.25, -0.2) is 0 Å². The molecule has 0 aliphatic carbocycles. The van der Waals surface area contributed by atoms with Crippen molar-refractivity contribution in [2.75, 3.05) is 12.8 Å². The zero-order valence-electron chi connectivity index (χ0n) is 11.1. The lowest BCUT2D eigenvalue weighted by Crippen LogP contribution is -2.27. The second-order valence-corrected chi connectivity index (χ2v) is 4.52. The molecule has 0 saturated carbocycles. The molecule has 0 fully saturated rings. The predicted octanol–water partition coefficient (Wildman–Crippen LogP) is 1.77. The Balaban J connectivity index is 1.94. The van der Waals surface area contributed by atoms with Crippen molar-refractivity contribution in [3.05, 3.63) is 47.7 Å². The van der Waals surface area contributed by atoms with E-state index in [1.54, 1.807) is 30.3 Å². The summed E-state index contributed by atoms with van der Waals surface area (Å²) in [6.45, 7) is 2.34. The molecule has 0 aliphatic rings. The molecule has 0 bridgehead atoms. The maximum Gasteiger partial charge on any atom is 0.228 e. The number of nitrogens with two attached hydrogens (primary N) is 1. The van der Waals surface area contributed by atoms with Gasteiger partial charge in [-0.2, -0.15) is 0 Å². The summed E-state index contributed by atoms with van der Waals surface area (Å²) >= 11 is 0. The first-order valence-corrected chi connectivity index (χ1v) is 6.04. The molecule has 0 atom stereocenters. The van der Waals surface area contributed by atoms with Crippen LogP contribution in [0.2, 0.25) is 0 Å². The molecule has 2 N–H and O–H groups in total. The van der Waals surface area contributed by atoms with Gasteiger partial charge >= 0.3 is 0 Å². The molecule has 100 valence electrons. The Kier molecular flexibility index (Phi) is 3.85. The fourth-order valence-electron chi connectivity index (χ4n) is 1.72. The van der Waals surface area contributed by atoms with Crippen LogP contribution in [0.1, 0.15) is 17.2 Å². The molecule has 0 saturated heterocycles. The van der Waals surface area contributed by atoms with E-state index < -0.39 is 0 Å². The number of amides is 1. The van der Waals surface area contributed by atoms with Crippen LogP contribution in [0.3, 0.4) is 0 Å². The zero-order chi connectivity index (χ0) is 13.8. The number of furan rings is 1. The van der Waals surface area contributed by atoms with E-state index in [1.165, 1.54) is 0 Å². The van der Waals surface area contributed by atoms with Crippen molar-refractivity contribution in [3.63, 3.8) is 0 Å². The molecule has 2 heterocycles. The Morgan fingerprint density at radius 2 is 2.16 bits per heavy atom. The minimum atomic E-state index is -0.00803.